The summed E-state index contributed by atoms with van der Waals surface area (Å²) in [4.78, 5) is 40.8. The smallest absolute Gasteiger partial charge is 0.416 e. The average Bonchev–Trinajstić information content (AvgIpc) is 2.74. The van der Waals surface area contributed by atoms with E-state index in [0.717, 1.165) is 0 Å². The first-order chi connectivity index (χ1) is 16.1. The average molecular weight is 502 g/mol. The molecule has 0 radical (unpaired) electrons. The van der Waals surface area contributed by atoms with Gasteiger partial charge in [0.05, 0.1) is 11.1 Å². The Bertz CT molecular complexity index is 1340. The summed E-state index contributed by atoms with van der Waals surface area (Å²) < 4.78 is 77.9. The molecular formula is C20H12F6N4O5. The molecule has 35 heavy (non-hydrogen) atoms. The Morgan fingerprint density at radius 2 is 1.46 bits per heavy atom. The summed E-state index contributed by atoms with van der Waals surface area (Å²) in [7, 11) is 0. The molecule has 0 atom stereocenters. The number of alkyl halides is 6. The van der Waals surface area contributed by atoms with Crippen molar-refractivity contribution in [2.75, 3.05) is 10.6 Å². The molecule has 0 aliphatic carbocycles. The molecule has 184 valence electrons. The van der Waals surface area contributed by atoms with Crippen LogP contribution in [0.4, 0.5) is 42.5 Å². The van der Waals surface area contributed by atoms with Crippen molar-refractivity contribution in [1.82, 2.24) is 9.97 Å². The van der Waals surface area contributed by atoms with Crippen molar-refractivity contribution in [3.8, 4) is 17.1 Å². The van der Waals surface area contributed by atoms with Crippen LogP contribution in [0.25, 0.3) is 11.4 Å². The number of aromatic carboxylic acids is 1. The van der Waals surface area contributed by atoms with Crippen LogP contribution in [0.1, 0.15) is 21.6 Å². The number of aromatic hydroxyl groups is 1. The zero-order chi connectivity index (χ0) is 26.1. The molecule has 0 saturated carbocycles. The highest BCUT2D eigenvalue weighted by Gasteiger charge is 2.37. The van der Waals surface area contributed by atoms with Crippen molar-refractivity contribution >= 4 is 23.4 Å². The van der Waals surface area contributed by atoms with Gasteiger partial charge in [-0.25, -0.2) is 14.6 Å². The van der Waals surface area contributed by atoms with E-state index in [9.17, 15) is 45.8 Å². The van der Waals surface area contributed by atoms with E-state index in [-0.39, 0.29) is 23.1 Å². The Balaban J connectivity index is 1.87. The minimum absolute atomic E-state index is 0.0457. The van der Waals surface area contributed by atoms with Crippen LogP contribution in [0.2, 0.25) is 0 Å². The second-order valence-corrected chi connectivity index (χ2v) is 6.87. The third-order valence-corrected chi connectivity index (χ3v) is 4.34. The van der Waals surface area contributed by atoms with Crippen LogP contribution in [0.5, 0.6) is 5.75 Å². The molecule has 2 aromatic carbocycles. The van der Waals surface area contributed by atoms with Gasteiger partial charge in [-0.3, -0.25) is 4.79 Å². The van der Waals surface area contributed by atoms with Crippen LogP contribution in [0.3, 0.4) is 0 Å². The lowest BCUT2D eigenvalue weighted by Gasteiger charge is -2.15. The predicted octanol–water partition coefficient (Wildman–Crippen LogP) is 4.52. The molecule has 0 aliphatic heterocycles. The first kappa shape index (κ1) is 25.1. The van der Waals surface area contributed by atoms with Gasteiger partial charge in [0.1, 0.15) is 5.82 Å². The maximum Gasteiger partial charge on any atom is 0.416 e. The highest BCUT2D eigenvalue weighted by molar-refractivity contribution is 6.00. The quantitative estimate of drug-likeness (QED) is 0.332. The fourth-order valence-corrected chi connectivity index (χ4v) is 2.82. The normalized spacial score (nSPS) is 11.7. The van der Waals surface area contributed by atoms with Gasteiger partial charge >= 0.3 is 24.4 Å². The predicted molar refractivity (Wildman–Crippen MR) is 108 cm³/mol. The minimum atomic E-state index is -5.11. The van der Waals surface area contributed by atoms with Gasteiger partial charge in [0.15, 0.2) is 5.69 Å². The summed E-state index contributed by atoms with van der Waals surface area (Å²) in [5, 5.41) is 22.6. The van der Waals surface area contributed by atoms with Crippen LogP contribution in [-0.4, -0.2) is 32.2 Å². The van der Waals surface area contributed by atoms with Gasteiger partial charge in [-0.2, -0.15) is 26.3 Å². The third kappa shape index (κ3) is 5.87. The Labute approximate surface area is 190 Å². The number of carboxylic acids is 1. The highest BCUT2D eigenvalue weighted by Crippen LogP contribution is 2.37. The summed E-state index contributed by atoms with van der Waals surface area (Å²) >= 11 is 0. The molecule has 0 saturated heterocycles. The largest absolute Gasteiger partial charge is 0.501 e. The van der Waals surface area contributed by atoms with Crippen LogP contribution < -0.4 is 16.2 Å². The van der Waals surface area contributed by atoms with Crippen molar-refractivity contribution in [3.05, 3.63) is 69.6 Å². The van der Waals surface area contributed by atoms with E-state index in [1.807, 2.05) is 5.32 Å². The maximum absolute atomic E-state index is 13.0. The minimum Gasteiger partial charge on any atom is -0.501 e. The number of carboxylic acid groups (broad SMARTS) is 1. The fraction of sp³-hybridized carbons (Fsp3) is 0.100. The number of nitrogens with one attached hydrogen (secondary N) is 3. The molecule has 0 fully saturated rings. The van der Waals surface area contributed by atoms with E-state index in [1.165, 1.54) is 24.3 Å². The number of amides is 2. The number of aromatic nitrogens is 2. The number of halogens is 6. The molecule has 2 amide bonds. The molecule has 15 heteroatoms. The van der Waals surface area contributed by atoms with Crippen molar-refractivity contribution in [3.63, 3.8) is 0 Å². The van der Waals surface area contributed by atoms with E-state index in [2.05, 4.69) is 15.3 Å². The Morgan fingerprint density at radius 3 is 2.00 bits per heavy atom. The van der Waals surface area contributed by atoms with E-state index < -0.39 is 58.2 Å². The summed E-state index contributed by atoms with van der Waals surface area (Å²) in [6.07, 6.45) is -10.2. The van der Waals surface area contributed by atoms with Gasteiger partial charge < -0.3 is 25.8 Å². The number of benzene rings is 2. The lowest BCUT2D eigenvalue weighted by atomic mass is 10.1. The van der Waals surface area contributed by atoms with Crippen LogP contribution in [0, 0.1) is 0 Å². The molecule has 9 nitrogen and oxygen atoms in total. The van der Waals surface area contributed by atoms with Gasteiger partial charge in [0, 0.05) is 16.9 Å². The van der Waals surface area contributed by atoms with Gasteiger partial charge in [0.2, 0.25) is 5.75 Å². The van der Waals surface area contributed by atoms with Gasteiger partial charge in [-0.05, 0) is 30.3 Å². The van der Waals surface area contributed by atoms with Crippen LogP contribution in [-0.2, 0) is 12.4 Å². The number of urea groups is 1. The Morgan fingerprint density at radius 1 is 0.886 bits per heavy atom. The molecule has 1 aromatic heterocycles. The molecule has 0 aliphatic rings. The fourth-order valence-electron chi connectivity index (χ4n) is 2.82. The Hall–Kier alpha value is -4.56. The molecule has 3 aromatic rings. The monoisotopic (exact) mass is 502 g/mol. The highest BCUT2D eigenvalue weighted by atomic mass is 19.4. The zero-order valence-corrected chi connectivity index (χ0v) is 16.9. The first-order valence-electron chi connectivity index (χ1n) is 9.19. The van der Waals surface area contributed by atoms with Crippen molar-refractivity contribution in [1.29, 1.82) is 0 Å². The van der Waals surface area contributed by atoms with Crippen LogP contribution >= 0.6 is 0 Å². The van der Waals surface area contributed by atoms with Crippen LogP contribution in [0.15, 0.2) is 47.3 Å². The number of carbonyl (C=O) groups is 2. The number of nitrogens with zero attached hydrogens (tertiary/aromatic N) is 1. The first-order valence-corrected chi connectivity index (χ1v) is 9.19. The summed E-state index contributed by atoms with van der Waals surface area (Å²) in [6, 6.07) is 4.47. The molecule has 3 rings (SSSR count). The second kappa shape index (κ2) is 9.00. The zero-order valence-electron chi connectivity index (χ0n) is 16.9. The molecule has 0 spiro atoms. The summed E-state index contributed by atoms with van der Waals surface area (Å²) in [6.45, 7) is 0. The lowest BCUT2D eigenvalue weighted by Crippen LogP contribution is -2.21. The second-order valence-electron chi connectivity index (χ2n) is 6.87. The van der Waals surface area contributed by atoms with Crippen molar-refractivity contribution < 1.29 is 46.1 Å². The van der Waals surface area contributed by atoms with Gasteiger partial charge in [-0.1, -0.05) is 12.1 Å². The number of carbonyl (C=O) groups excluding carboxylic acids is 1. The van der Waals surface area contributed by atoms with E-state index >= 15 is 0 Å². The molecule has 5 N–H and O–H groups in total. The summed E-state index contributed by atoms with van der Waals surface area (Å²) in [5.41, 5.74) is -6.12. The number of H-pyrrole nitrogens is 1. The lowest BCUT2D eigenvalue weighted by molar-refractivity contribution is -0.143. The van der Waals surface area contributed by atoms with E-state index in [1.54, 1.807) is 0 Å². The topological polar surface area (TPSA) is 144 Å². The standard InChI is InChI=1S/C20H12F6N4O5/c21-19(22,23)9-5-10(20(24,25)26)7-12(6-9)28-18(35)27-11-3-1-2-8(4-11)15-29-13(17(33)34)14(31)16(32)30-15/h1-7,31H,(H,33,34)(H2,27,28,35)(H,29,30,32). The van der Waals surface area contributed by atoms with E-state index in [0.29, 0.717) is 12.1 Å². The van der Waals surface area contributed by atoms with Crippen molar-refractivity contribution in [2.24, 2.45) is 0 Å². The number of hydrogen-bond acceptors (Lipinski definition) is 5. The number of aromatic amines is 1. The molecule has 0 unspecified atom stereocenters. The van der Waals surface area contributed by atoms with Crippen molar-refractivity contribution in [2.45, 2.75) is 12.4 Å². The number of rotatable bonds is 4. The molecule has 1 heterocycles. The third-order valence-electron chi connectivity index (χ3n) is 4.34. The van der Waals surface area contributed by atoms with E-state index in [4.69, 9.17) is 5.11 Å². The molecule has 0 bridgehead atoms. The van der Waals surface area contributed by atoms with Gasteiger partial charge in [-0.15, -0.1) is 0 Å². The van der Waals surface area contributed by atoms with Gasteiger partial charge in [0.25, 0.3) is 5.56 Å². The Kier molecular flexibility index (Phi) is 6.45. The number of hydrogen-bond donors (Lipinski definition) is 5. The molecular weight excluding hydrogens is 490 g/mol. The summed E-state index contributed by atoms with van der Waals surface area (Å²) in [5.74, 6) is -3.13. The maximum atomic E-state index is 13.0. The number of anilines is 2. The SMILES string of the molecule is O=C(Nc1cccc(-c2nc(C(=O)O)c(O)c(=O)[nH]2)c1)Nc1cc(C(F)(F)F)cc(C(F)(F)F)c1.